The van der Waals surface area contributed by atoms with Gasteiger partial charge in [-0.15, -0.1) is 0 Å². The Bertz CT molecular complexity index is 1080. The smallest absolute Gasteiger partial charge is 0.321 e. The van der Waals surface area contributed by atoms with E-state index in [4.69, 9.17) is 21.6 Å². The molecule has 0 bridgehead atoms. The topological polar surface area (TPSA) is 109 Å². The van der Waals surface area contributed by atoms with Gasteiger partial charge in [-0.25, -0.2) is 4.79 Å². The largest absolute Gasteiger partial charge is 0.489 e. The number of halogens is 1. The maximum Gasteiger partial charge on any atom is 0.321 e. The van der Waals surface area contributed by atoms with Gasteiger partial charge in [0.05, 0.1) is 15.5 Å². The standard InChI is InChI=1S/C23H25ClN4O4/c1-22(2)19(26-21(29)27(5)15-7-9-16(10-8-15)28(30)31)23(3,4)20(22)32-17-11-6-14(13-25)18(24)12-17/h6-12,19-20H,1-5H3,(H,26,29)/t19-,20-. The minimum Gasteiger partial charge on any atom is -0.489 e. The van der Waals surface area contributed by atoms with Crippen molar-refractivity contribution in [1.82, 2.24) is 5.32 Å². The molecular formula is C23H25ClN4O4. The number of carbonyl (C=O) groups is 1. The zero-order chi connectivity index (χ0) is 23.8. The molecule has 1 fully saturated rings. The number of benzene rings is 2. The lowest BCUT2D eigenvalue weighted by atomic mass is 9.49. The van der Waals surface area contributed by atoms with E-state index in [0.717, 1.165) is 0 Å². The van der Waals surface area contributed by atoms with E-state index in [0.29, 0.717) is 22.0 Å². The first-order valence-electron chi connectivity index (χ1n) is 10.0. The van der Waals surface area contributed by atoms with Crippen LogP contribution in [0.3, 0.4) is 0 Å². The van der Waals surface area contributed by atoms with Crippen LogP contribution in [0.4, 0.5) is 16.2 Å². The quantitative estimate of drug-likeness (QED) is 0.494. The molecule has 1 aliphatic rings. The predicted octanol–water partition coefficient (Wildman–Crippen LogP) is 5.15. The highest BCUT2D eigenvalue weighted by molar-refractivity contribution is 6.31. The van der Waals surface area contributed by atoms with Crippen molar-refractivity contribution in [3.8, 4) is 11.8 Å². The highest BCUT2D eigenvalue weighted by Gasteiger charge is 2.64. The molecule has 0 radical (unpaired) electrons. The van der Waals surface area contributed by atoms with Gasteiger partial charge < -0.3 is 10.1 Å². The summed E-state index contributed by atoms with van der Waals surface area (Å²) >= 11 is 6.13. The Labute approximate surface area is 191 Å². The second-order valence-electron chi connectivity index (χ2n) is 9.11. The summed E-state index contributed by atoms with van der Waals surface area (Å²) in [6.45, 7) is 8.08. The van der Waals surface area contributed by atoms with Gasteiger partial charge in [0.15, 0.2) is 0 Å². The summed E-state index contributed by atoms with van der Waals surface area (Å²) in [6.07, 6.45) is -0.214. The Morgan fingerprint density at radius 3 is 2.28 bits per heavy atom. The average molecular weight is 457 g/mol. The molecule has 2 amide bonds. The van der Waals surface area contributed by atoms with Gasteiger partial charge in [0.25, 0.3) is 5.69 Å². The lowest BCUT2D eigenvalue weighted by Crippen LogP contribution is -2.75. The number of nitro groups is 1. The first-order valence-corrected chi connectivity index (χ1v) is 10.4. The molecule has 1 saturated carbocycles. The van der Waals surface area contributed by atoms with Gasteiger partial charge in [-0.3, -0.25) is 15.0 Å². The van der Waals surface area contributed by atoms with Gasteiger partial charge in [-0.1, -0.05) is 39.3 Å². The molecule has 0 unspecified atom stereocenters. The van der Waals surface area contributed by atoms with E-state index < -0.39 is 15.8 Å². The number of nitriles is 1. The molecule has 2 aromatic carbocycles. The molecule has 0 aromatic heterocycles. The third-order valence-corrected chi connectivity index (χ3v) is 6.49. The number of non-ortho nitro benzene ring substituents is 1. The highest BCUT2D eigenvalue weighted by Crippen LogP contribution is 2.55. The molecule has 8 nitrogen and oxygen atoms in total. The van der Waals surface area contributed by atoms with E-state index in [-0.39, 0.29) is 23.9 Å². The maximum absolute atomic E-state index is 12.9. The maximum atomic E-state index is 12.9. The molecule has 0 spiro atoms. The van der Waals surface area contributed by atoms with Crippen LogP contribution in [0.1, 0.15) is 33.3 Å². The second kappa shape index (κ2) is 8.32. The van der Waals surface area contributed by atoms with Gasteiger partial charge in [0.1, 0.15) is 17.9 Å². The fourth-order valence-corrected chi connectivity index (χ4v) is 4.94. The summed E-state index contributed by atoms with van der Waals surface area (Å²) in [5.41, 5.74) is 0.103. The number of hydrogen-bond acceptors (Lipinski definition) is 5. The van der Waals surface area contributed by atoms with E-state index >= 15 is 0 Å². The van der Waals surface area contributed by atoms with Crippen LogP contribution in [0.5, 0.6) is 5.75 Å². The number of nitrogens with one attached hydrogen (secondary N) is 1. The summed E-state index contributed by atoms with van der Waals surface area (Å²) < 4.78 is 6.23. The molecule has 32 heavy (non-hydrogen) atoms. The SMILES string of the molecule is CN(C(=O)N[C@H]1C(C)(C)[C@H](Oc2ccc(C#N)c(Cl)c2)C1(C)C)c1ccc([N+](=O)[O-])cc1. The van der Waals surface area contributed by atoms with Gasteiger partial charge >= 0.3 is 6.03 Å². The van der Waals surface area contributed by atoms with Gasteiger partial charge in [-0.05, 0) is 24.3 Å². The number of carbonyl (C=O) groups excluding carboxylic acids is 1. The Hall–Kier alpha value is -3.31. The normalized spacial score (nSPS) is 20.4. The van der Waals surface area contributed by atoms with Crippen LogP contribution in [0.2, 0.25) is 5.02 Å². The van der Waals surface area contributed by atoms with Gasteiger partial charge in [0, 0.05) is 47.8 Å². The molecule has 9 heteroatoms. The van der Waals surface area contributed by atoms with E-state index in [1.807, 2.05) is 33.8 Å². The van der Waals surface area contributed by atoms with E-state index in [2.05, 4.69) is 5.32 Å². The zero-order valence-corrected chi connectivity index (χ0v) is 19.3. The third kappa shape index (κ3) is 4.08. The first-order chi connectivity index (χ1) is 14.9. The zero-order valence-electron chi connectivity index (χ0n) is 18.5. The fraction of sp³-hybridized carbons (Fsp3) is 0.391. The van der Waals surface area contributed by atoms with Crippen LogP contribution in [0.25, 0.3) is 0 Å². The average Bonchev–Trinajstić information content (AvgIpc) is 2.74. The Morgan fingerprint density at radius 2 is 1.78 bits per heavy atom. The number of urea groups is 1. The Balaban J connectivity index is 1.72. The molecule has 0 heterocycles. The molecule has 1 N–H and O–H groups in total. The summed E-state index contributed by atoms with van der Waals surface area (Å²) in [4.78, 5) is 24.7. The van der Waals surface area contributed by atoms with E-state index in [1.54, 1.807) is 25.2 Å². The third-order valence-electron chi connectivity index (χ3n) is 6.17. The van der Waals surface area contributed by atoms with Crippen molar-refractivity contribution in [1.29, 1.82) is 5.26 Å². The van der Waals surface area contributed by atoms with Gasteiger partial charge in [0.2, 0.25) is 0 Å². The number of nitrogens with zero attached hydrogens (tertiary/aromatic N) is 3. The fourth-order valence-electron chi connectivity index (χ4n) is 4.73. The van der Waals surface area contributed by atoms with Crippen LogP contribution < -0.4 is 15.0 Å². The summed E-state index contributed by atoms with van der Waals surface area (Å²) in [7, 11) is 1.61. The summed E-state index contributed by atoms with van der Waals surface area (Å²) in [5, 5.41) is 23.3. The van der Waals surface area contributed by atoms with Gasteiger partial charge in [-0.2, -0.15) is 5.26 Å². The highest BCUT2D eigenvalue weighted by atomic mass is 35.5. The van der Waals surface area contributed by atoms with Crippen molar-refractivity contribution in [3.63, 3.8) is 0 Å². The summed E-state index contributed by atoms with van der Waals surface area (Å²) in [6, 6.07) is 12.3. The Morgan fingerprint density at radius 1 is 1.19 bits per heavy atom. The predicted molar refractivity (Wildman–Crippen MR) is 122 cm³/mol. The molecule has 0 aliphatic heterocycles. The molecule has 2 aromatic rings. The van der Waals surface area contributed by atoms with Crippen molar-refractivity contribution < 1.29 is 14.5 Å². The van der Waals surface area contributed by atoms with Crippen LogP contribution in [0.15, 0.2) is 42.5 Å². The lowest BCUT2D eigenvalue weighted by Gasteiger charge is -2.63. The number of ether oxygens (including phenoxy) is 1. The number of rotatable bonds is 5. The lowest BCUT2D eigenvalue weighted by molar-refractivity contribution is -0.384. The number of amides is 2. The van der Waals surface area contributed by atoms with E-state index in [1.165, 1.54) is 29.2 Å². The number of anilines is 1. The first kappa shape index (κ1) is 23.4. The van der Waals surface area contributed by atoms with Crippen molar-refractivity contribution in [2.24, 2.45) is 10.8 Å². The number of hydrogen-bond donors (Lipinski definition) is 1. The van der Waals surface area contributed by atoms with Crippen molar-refractivity contribution in [2.45, 2.75) is 39.8 Å². The van der Waals surface area contributed by atoms with Crippen LogP contribution in [-0.4, -0.2) is 30.1 Å². The minimum absolute atomic E-state index is 0.0354. The van der Waals surface area contributed by atoms with E-state index in [9.17, 15) is 14.9 Å². The molecule has 3 rings (SSSR count). The molecule has 1 aliphatic carbocycles. The monoisotopic (exact) mass is 456 g/mol. The molecular weight excluding hydrogens is 432 g/mol. The van der Waals surface area contributed by atoms with Crippen LogP contribution in [-0.2, 0) is 0 Å². The molecule has 0 atom stereocenters. The summed E-state index contributed by atoms with van der Waals surface area (Å²) in [5.74, 6) is 0.563. The van der Waals surface area contributed by atoms with Crippen molar-refractivity contribution >= 4 is 29.0 Å². The van der Waals surface area contributed by atoms with Crippen molar-refractivity contribution in [3.05, 3.63) is 63.2 Å². The molecule has 0 saturated heterocycles. The Kier molecular flexibility index (Phi) is 6.07. The minimum atomic E-state index is -0.482. The second-order valence-corrected chi connectivity index (χ2v) is 9.52. The van der Waals surface area contributed by atoms with Crippen LogP contribution in [0, 0.1) is 32.3 Å². The molecule has 168 valence electrons. The van der Waals surface area contributed by atoms with Crippen molar-refractivity contribution in [2.75, 3.05) is 11.9 Å². The number of nitro benzene ring substituents is 1. The van der Waals surface area contributed by atoms with Crippen LogP contribution >= 0.6 is 11.6 Å².